The minimum atomic E-state index is 0.358. The Morgan fingerprint density at radius 3 is 2.75 bits per heavy atom. The molecule has 0 aliphatic carbocycles. The van der Waals surface area contributed by atoms with Crippen molar-refractivity contribution in [2.45, 2.75) is 0 Å². The molecule has 2 N–H and O–H groups in total. The normalized spacial score (nSPS) is 11.2. The topological polar surface area (TPSA) is 56.2 Å². The fraction of sp³-hybridized carbons (Fsp3) is 0. The van der Waals surface area contributed by atoms with Crippen LogP contribution >= 0.6 is 22.9 Å². The number of benzene rings is 1. The van der Waals surface area contributed by atoms with Gasteiger partial charge in [0.2, 0.25) is 5.95 Å². The second-order valence-corrected chi connectivity index (χ2v) is 5.35. The molecular weight excluding hydrogens is 292 g/mol. The Labute approximate surface area is 125 Å². The van der Waals surface area contributed by atoms with Crippen LogP contribution in [-0.2, 0) is 0 Å². The lowest BCUT2D eigenvalue weighted by Crippen LogP contribution is -1.96. The van der Waals surface area contributed by atoms with Crippen LogP contribution in [0.2, 0.25) is 5.02 Å². The lowest BCUT2D eigenvalue weighted by atomic mass is 10.2. The number of hydrogen-bond acceptors (Lipinski definition) is 4. The molecule has 0 bridgehead atoms. The molecule has 0 unspecified atom stereocenters. The molecule has 0 radical (unpaired) electrons. The van der Waals surface area contributed by atoms with Crippen molar-refractivity contribution in [3.63, 3.8) is 0 Å². The Balaban J connectivity index is 1.86. The van der Waals surface area contributed by atoms with Gasteiger partial charge in [-0.05, 0) is 29.1 Å². The molecule has 0 saturated heterocycles. The van der Waals surface area contributed by atoms with Gasteiger partial charge in [0.25, 0.3) is 0 Å². The zero-order chi connectivity index (χ0) is 13.9. The van der Waals surface area contributed by atoms with Crippen molar-refractivity contribution >= 4 is 35.1 Å². The molecule has 0 atom stereocenters. The average molecular weight is 303 g/mol. The van der Waals surface area contributed by atoms with Gasteiger partial charge in [-0.2, -0.15) is 16.4 Å². The van der Waals surface area contributed by atoms with Crippen molar-refractivity contribution in [3.8, 4) is 11.3 Å². The molecule has 20 heavy (non-hydrogen) atoms. The van der Waals surface area contributed by atoms with Crippen LogP contribution in [-0.4, -0.2) is 15.9 Å². The summed E-state index contributed by atoms with van der Waals surface area (Å²) in [7, 11) is 0. The highest BCUT2D eigenvalue weighted by molar-refractivity contribution is 7.08. The number of anilines is 1. The summed E-state index contributed by atoms with van der Waals surface area (Å²) in [4.78, 5) is 4.29. The van der Waals surface area contributed by atoms with Gasteiger partial charge in [-0.15, -0.1) is 0 Å². The zero-order valence-corrected chi connectivity index (χ0v) is 12.0. The van der Waals surface area contributed by atoms with Crippen molar-refractivity contribution in [2.24, 2.45) is 5.10 Å². The molecule has 0 amide bonds. The van der Waals surface area contributed by atoms with E-state index in [0.29, 0.717) is 11.0 Å². The second kappa shape index (κ2) is 5.48. The van der Waals surface area contributed by atoms with E-state index in [1.54, 1.807) is 22.2 Å². The van der Waals surface area contributed by atoms with E-state index in [4.69, 9.17) is 17.3 Å². The molecule has 0 saturated carbocycles. The molecular formula is C14H11ClN4S. The lowest BCUT2D eigenvalue weighted by Gasteiger charge is -1.95. The SMILES string of the molecule is Nc1nc(-c2ccsc2)cn1/N=C\c1ccc(Cl)cc1. The number of rotatable bonds is 3. The van der Waals surface area contributed by atoms with E-state index in [1.165, 1.54) is 0 Å². The average Bonchev–Trinajstić information content (AvgIpc) is 3.08. The summed E-state index contributed by atoms with van der Waals surface area (Å²) in [5.74, 6) is 0.358. The highest BCUT2D eigenvalue weighted by atomic mass is 35.5. The molecule has 2 aromatic heterocycles. The third-order valence-electron chi connectivity index (χ3n) is 2.73. The van der Waals surface area contributed by atoms with Gasteiger partial charge in [-0.1, -0.05) is 23.7 Å². The molecule has 6 heteroatoms. The smallest absolute Gasteiger partial charge is 0.221 e. The number of nitrogen functional groups attached to an aromatic ring is 1. The van der Waals surface area contributed by atoms with E-state index >= 15 is 0 Å². The molecule has 0 spiro atoms. The monoisotopic (exact) mass is 302 g/mol. The number of aromatic nitrogens is 2. The van der Waals surface area contributed by atoms with E-state index in [2.05, 4.69) is 10.1 Å². The zero-order valence-electron chi connectivity index (χ0n) is 10.4. The standard InChI is InChI=1S/C14H11ClN4S/c15-12-3-1-10(2-4-12)7-17-19-8-13(18-14(19)16)11-5-6-20-9-11/h1-9H,(H2,16,18)/b17-7-. The first-order chi connectivity index (χ1) is 9.72. The maximum Gasteiger partial charge on any atom is 0.221 e. The molecule has 100 valence electrons. The fourth-order valence-electron chi connectivity index (χ4n) is 1.70. The summed E-state index contributed by atoms with van der Waals surface area (Å²) in [6.07, 6.45) is 3.52. The van der Waals surface area contributed by atoms with Crippen LogP contribution in [0.1, 0.15) is 5.56 Å². The molecule has 0 aliphatic heterocycles. The lowest BCUT2D eigenvalue weighted by molar-refractivity contribution is 0.898. The van der Waals surface area contributed by atoms with Gasteiger partial charge in [0.1, 0.15) is 0 Å². The van der Waals surface area contributed by atoms with Gasteiger partial charge in [0.15, 0.2) is 0 Å². The van der Waals surface area contributed by atoms with Gasteiger partial charge in [0, 0.05) is 16.0 Å². The first kappa shape index (κ1) is 12.9. The first-order valence-corrected chi connectivity index (χ1v) is 7.22. The maximum absolute atomic E-state index is 5.86. The summed E-state index contributed by atoms with van der Waals surface area (Å²) in [5, 5.41) is 9.02. The third-order valence-corrected chi connectivity index (χ3v) is 3.67. The van der Waals surface area contributed by atoms with Crippen LogP contribution in [0.3, 0.4) is 0 Å². The van der Waals surface area contributed by atoms with Crippen LogP contribution in [0, 0.1) is 0 Å². The van der Waals surface area contributed by atoms with Crippen LogP contribution in [0.4, 0.5) is 5.95 Å². The van der Waals surface area contributed by atoms with Gasteiger partial charge >= 0.3 is 0 Å². The molecule has 3 rings (SSSR count). The number of thiophene rings is 1. The maximum atomic E-state index is 5.86. The first-order valence-electron chi connectivity index (χ1n) is 5.90. The van der Waals surface area contributed by atoms with Crippen LogP contribution in [0.15, 0.2) is 52.4 Å². The number of nitrogens with two attached hydrogens (primary N) is 1. The number of hydrogen-bond donors (Lipinski definition) is 1. The van der Waals surface area contributed by atoms with Gasteiger partial charge in [-0.25, -0.2) is 9.66 Å². The number of nitrogens with zero attached hydrogens (tertiary/aromatic N) is 3. The van der Waals surface area contributed by atoms with Crippen molar-refractivity contribution in [2.75, 3.05) is 5.73 Å². The summed E-state index contributed by atoms with van der Waals surface area (Å²) >= 11 is 7.46. The quantitative estimate of drug-likeness (QED) is 0.749. The van der Waals surface area contributed by atoms with Crippen LogP contribution < -0.4 is 5.73 Å². The molecule has 2 heterocycles. The van der Waals surface area contributed by atoms with Crippen molar-refractivity contribution in [3.05, 3.63) is 57.9 Å². The van der Waals surface area contributed by atoms with Crippen molar-refractivity contribution in [1.82, 2.24) is 9.66 Å². The summed E-state index contributed by atoms with van der Waals surface area (Å²) in [6.45, 7) is 0. The Morgan fingerprint density at radius 1 is 1.25 bits per heavy atom. The third kappa shape index (κ3) is 2.74. The van der Waals surface area contributed by atoms with Gasteiger partial charge in [-0.3, -0.25) is 0 Å². The Kier molecular flexibility index (Phi) is 3.54. The Bertz CT molecular complexity index is 729. The van der Waals surface area contributed by atoms with E-state index in [0.717, 1.165) is 16.8 Å². The van der Waals surface area contributed by atoms with E-state index < -0.39 is 0 Å². The van der Waals surface area contributed by atoms with Crippen LogP contribution in [0.25, 0.3) is 11.3 Å². The number of imidazole rings is 1. The Morgan fingerprint density at radius 2 is 2.05 bits per heavy atom. The molecule has 3 aromatic rings. The highest BCUT2D eigenvalue weighted by Crippen LogP contribution is 2.22. The van der Waals surface area contributed by atoms with E-state index in [9.17, 15) is 0 Å². The second-order valence-electron chi connectivity index (χ2n) is 4.14. The minimum Gasteiger partial charge on any atom is -0.368 e. The predicted octanol–water partition coefficient (Wildman–Crippen LogP) is 3.73. The molecule has 4 nitrogen and oxygen atoms in total. The number of halogens is 1. The predicted molar refractivity (Wildman–Crippen MR) is 84.4 cm³/mol. The Hall–Kier alpha value is -2.11. The van der Waals surface area contributed by atoms with Crippen molar-refractivity contribution < 1.29 is 0 Å². The van der Waals surface area contributed by atoms with Crippen LogP contribution in [0.5, 0.6) is 0 Å². The fourth-order valence-corrected chi connectivity index (χ4v) is 2.48. The van der Waals surface area contributed by atoms with Gasteiger partial charge < -0.3 is 5.73 Å². The molecule has 0 aliphatic rings. The molecule has 1 aromatic carbocycles. The summed E-state index contributed by atoms with van der Waals surface area (Å²) < 4.78 is 1.56. The summed E-state index contributed by atoms with van der Waals surface area (Å²) in [6, 6.07) is 9.41. The largest absolute Gasteiger partial charge is 0.368 e. The highest BCUT2D eigenvalue weighted by Gasteiger charge is 2.06. The van der Waals surface area contributed by atoms with Crippen molar-refractivity contribution in [1.29, 1.82) is 0 Å². The minimum absolute atomic E-state index is 0.358. The molecule has 0 fully saturated rings. The van der Waals surface area contributed by atoms with E-state index in [-0.39, 0.29) is 0 Å². The van der Waals surface area contributed by atoms with Gasteiger partial charge in [0.05, 0.1) is 18.1 Å². The van der Waals surface area contributed by atoms with E-state index in [1.807, 2.05) is 47.3 Å². The summed E-state index contributed by atoms with van der Waals surface area (Å²) in [5.41, 5.74) is 8.66.